The summed E-state index contributed by atoms with van der Waals surface area (Å²) < 4.78 is 6.74. The van der Waals surface area contributed by atoms with Crippen molar-refractivity contribution in [2.75, 3.05) is 24.4 Å². The number of fused-ring (bicyclic) bond motifs is 1. The van der Waals surface area contributed by atoms with Gasteiger partial charge in [0.25, 0.3) is 5.56 Å². The summed E-state index contributed by atoms with van der Waals surface area (Å²) in [6.07, 6.45) is 0. The zero-order valence-corrected chi connectivity index (χ0v) is 17.7. The lowest BCUT2D eigenvalue weighted by Gasteiger charge is -2.27. The number of hydrogen-bond donors (Lipinski definition) is 0. The fourth-order valence-corrected chi connectivity index (χ4v) is 4.04. The van der Waals surface area contributed by atoms with E-state index in [9.17, 15) is 9.59 Å². The zero-order valence-electron chi connectivity index (χ0n) is 16.9. The molecule has 0 radical (unpaired) electrons. The molecule has 2 aromatic carbocycles. The second kappa shape index (κ2) is 9.71. The Morgan fingerprint density at radius 3 is 2.52 bits per heavy atom. The molecule has 0 aliphatic carbocycles. The van der Waals surface area contributed by atoms with Crippen molar-refractivity contribution < 1.29 is 9.53 Å². The molecule has 0 saturated heterocycles. The molecule has 3 aromatic rings. The van der Waals surface area contributed by atoms with Crippen LogP contribution in [0.2, 0.25) is 0 Å². The first-order valence-electron chi connectivity index (χ1n) is 9.51. The molecule has 152 valence electrons. The van der Waals surface area contributed by atoms with Crippen LogP contribution in [0.1, 0.15) is 13.8 Å². The second-order valence-corrected chi connectivity index (χ2v) is 7.79. The minimum Gasteiger partial charge on any atom is -0.383 e. The molecule has 29 heavy (non-hydrogen) atoms. The van der Waals surface area contributed by atoms with E-state index in [1.165, 1.54) is 11.8 Å². The minimum atomic E-state index is -0.119. The average molecular weight is 412 g/mol. The first-order chi connectivity index (χ1) is 14.0. The highest BCUT2D eigenvalue weighted by atomic mass is 32.2. The number of ether oxygens (including phenoxy) is 1. The van der Waals surface area contributed by atoms with Gasteiger partial charge in [0, 0.05) is 18.8 Å². The van der Waals surface area contributed by atoms with Crippen molar-refractivity contribution >= 4 is 34.3 Å². The molecule has 0 bridgehead atoms. The maximum atomic E-state index is 13.0. The Bertz CT molecular complexity index is 1030. The maximum Gasteiger partial charge on any atom is 0.262 e. The van der Waals surface area contributed by atoms with Gasteiger partial charge in [-0.15, -0.1) is 0 Å². The highest BCUT2D eigenvalue weighted by molar-refractivity contribution is 7.99. The van der Waals surface area contributed by atoms with Gasteiger partial charge in [-0.1, -0.05) is 42.1 Å². The average Bonchev–Trinajstić information content (AvgIpc) is 2.72. The van der Waals surface area contributed by atoms with Crippen molar-refractivity contribution in [2.24, 2.45) is 0 Å². The number of anilines is 1. The van der Waals surface area contributed by atoms with Gasteiger partial charge in [-0.3, -0.25) is 14.2 Å². The van der Waals surface area contributed by atoms with Crippen LogP contribution in [0, 0.1) is 0 Å². The molecule has 6 nitrogen and oxygen atoms in total. The Balaban J connectivity index is 1.88. The van der Waals surface area contributed by atoms with Gasteiger partial charge in [-0.2, -0.15) is 0 Å². The predicted octanol–water partition coefficient (Wildman–Crippen LogP) is 3.58. The normalized spacial score (nSPS) is 11.2. The highest BCUT2D eigenvalue weighted by Gasteiger charge is 2.20. The van der Waals surface area contributed by atoms with Crippen LogP contribution in [0.3, 0.4) is 0 Å². The van der Waals surface area contributed by atoms with Gasteiger partial charge in [-0.05, 0) is 38.1 Å². The Labute approximate surface area is 174 Å². The lowest BCUT2D eigenvalue weighted by molar-refractivity contribution is -0.116. The summed E-state index contributed by atoms with van der Waals surface area (Å²) in [7, 11) is 1.59. The number of nitrogens with zero attached hydrogens (tertiary/aromatic N) is 3. The number of aromatic nitrogens is 2. The van der Waals surface area contributed by atoms with E-state index in [0.717, 1.165) is 5.69 Å². The highest BCUT2D eigenvalue weighted by Crippen LogP contribution is 2.22. The van der Waals surface area contributed by atoms with E-state index < -0.39 is 0 Å². The van der Waals surface area contributed by atoms with Gasteiger partial charge < -0.3 is 9.64 Å². The number of carbonyl (C=O) groups excluding carboxylic acids is 1. The first kappa shape index (κ1) is 21.1. The smallest absolute Gasteiger partial charge is 0.262 e. The third-order valence-electron chi connectivity index (χ3n) is 4.49. The molecule has 0 aliphatic rings. The molecule has 0 atom stereocenters. The standard InChI is InChI=1S/C22H25N3O3S/c1-16(2)25(17-9-5-4-6-10-17)20(26)15-29-22-23-19-12-8-7-11-18(19)21(27)24(22)13-14-28-3/h4-12,16H,13-15H2,1-3H3. The SMILES string of the molecule is COCCn1c(SCC(=O)N(c2ccccc2)C(C)C)nc2ccccc2c1=O. The number of thioether (sulfide) groups is 1. The Kier molecular flexibility index (Phi) is 7.06. The van der Waals surface area contributed by atoms with Crippen LogP contribution < -0.4 is 10.5 Å². The first-order valence-corrected chi connectivity index (χ1v) is 10.5. The van der Waals surface area contributed by atoms with Crippen LogP contribution in [-0.2, 0) is 16.1 Å². The van der Waals surface area contributed by atoms with Crippen molar-refractivity contribution in [2.45, 2.75) is 31.6 Å². The van der Waals surface area contributed by atoms with Crippen molar-refractivity contribution in [1.82, 2.24) is 9.55 Å². The Morgan fingerprint density at radius 2 is 1.83 bits per heavy atom. The summed E-state index contributed by atoms with van der Waals surface area (Å²) in [6.45, 7) is 4.75. The summed E-state index contributed by atoms with van der Waals surface area (Å²) in [5.41, 5.74) is 1.37. The van der Waals surface area contributed by atoms with Crippen molar-refractivity contribution in [3.63, 3.8) is 0 Å². The van der Waals surface area contributed by atoms with E-state index in [2.05, 4.69) is 4.98 Å². The molecule has 0 fully saturated rings. The fourth-order valence-electron chi connectivity index (χ4n) is 3.15. The zero-order chi connectivity index (χ0) is 20.8. The lowest BCUT2D eigenvalue weighted by atomic mass is 10.2. The summed E-state index contributed by atoms with van der Waals surface area (Å²) in [6, 6.07) is 16.9. The summed E-state index contributed by atoms with van der Waals surface area (Å²) >= 11 is 1.28. The molecular weight excluding hydrogens is 386 g/mol. The van der Waals surface area contributed by atoms with E-state index in [0.29, 0.717) is 29.2 Å². The molecule has 0 unspecified atom stereocenters. The maximum absolute atomic E-state index is 13.0. The van der Waals surface area contributed by atoms with Gasteiger partial charge >= 0.3 is 0 Å². The Morgan fingerprint density at radius 1 is 1.14 bits per heavy atom. The molecule has 3 rings (SSSR count). The number of carbonyl (C=O) groups is 1. The van der Waals surface area contributed by atoms with Crippen LogP contribution in [-0.4, -0.2) is 41.0 Å². The van der Waals surface area contributed by atoms with Gasteiger partial charge in [0.2, 0.25) is 5.91 Å². The second-order valence-electron chi connectivity index (χ2n) is 6.84. The van der Waals surface area contributed by atoms with E-state index in [1.807, 2.05) is 62.4 Å². The molecule has 0 N–H and O–H groups in total. The number of para-hydroxylation sites is 2. The summed E-state index contributed by atoms with van der Waals surface area (Å²) in [4.78, 5) is 32.3. The topological polar surface area (TPSA) is 64.4 Å². The third kappa shape index (κ3) is 4.86. The molecule has 1 heterocycles. The third-order valence-corrected chi connectivity index (χ3v) is 5.45. The fraction of sp³-hybridized carbons (Fsp3) is 0.318. The van der Waals surface area contributed by atoms with Crippen LogP contribution in [0.5, 0.6) is 0 Å². The van der Waals surface area contributed by atoms with Crippen LogP contribution in [0.25, 0.3) is 10.9 Å². The predicted molar refractivity (Wildman–Crippen MR) is 118 cm³/mol. The number of benzene rings is 2. The number of rotatable bonds is 8. The van der Waals surface area contributed by atoms with Gasteiger partial charge in [0.15, 0.2) is 5.16 Å². The molecule has 1 amide bonds. The van der Waals surface area contributed by atoms with Crippen molar-refractivity contribution in [3.8, 4) is 0 Å². The summed E-state index contributed by atoms with van der Waals surface area (Å²) in [5.74, 6) is 0.155. The molecule has 0 saturated carbocycles. The molecule has 0 aliphatic heterocycles. The van der Waals surface area contributed by atoms with E-state index in [1.54, 1.807) is 22.6 Å². The van der Waals surface area contributed by atoms with Crippen LogP contribution in [0.4, 0.5) is 5.69 Å². The lowest BCUT2D eigenvalue weighted by Crippen LogP contribution is -2.38. The summed E-state index contributed by atoms with van der Waals surface area (Å²) in [5, 5.41) is 1.09. The molecular formula is C22H25N3O3S. The molecule has 0 spiro atoms. The van der Waals surface area contributed by atoms with E-state index in [4.69, 9.17) is 4.74 Å². The minimum absolute atomic E-state index is 0.0192. The Hall–Kier alpha value is -2.64. The number of amides is 1. The van der Waals surface area contributed by atoms with Crippen LogP contribution in [0.15, 0.2) is 64.5 Å². The van der Waals surface area contributed by atoms with Crippen molar-refractivity contribution in [3.05, 3.63) is 65.0 Å². The quantitative estimate of drug-likeness (QED) is 0.419. The van der Waals surface area contributed by atoms with Crippen molar-refractivity contribution in [1.29, 1.82) is 0 Å². The number of hydrogen-bond acceptors (Lipinski definition) is 5. The van der Waals surface area contributed by atoms with Gasteiger partial charge in [-0.25, -0.2) is 4.98 Å². The number of methoxy groups -OCH3 is 1. The van der Waals surface area contributed by atoms with E-state index in [-0.39, 0.29) is 23.3 Å². The van der Waals surface area contributed by atoms with Gasteiger partial charge in [0.05, 0.1) is 29.8 Å². The largest absolute Gasteiger partial charge is 0.383 e. The van der Waals surface area contributed by atoms with E-state index >= 15 is 0 Å². The molecule has 7 heteroatoms. The molecule has 1 aromatic heterocycles. The monoisotopic (exact) mass is 411 g/mol. The van der Waals surface area contributed by atoms with Crippen LogP contribution >= 0.6 is 11.8 Å². The van der Waals surface area contributed by atoms with Gasteiger partial charge in [0.1, 0.15) is 0 Å².